The van der Waals surface area contributed by atoms with Crippen LogP contribution in [0.1, 0.15) is 62.3 Å². The van der Waals surface area contributed by atoms with E-state index in [0.717, 1.165) is 64.0 Å². The molecule has 33 heavy (non-hydrogen) atoms. The molecular weight excluding hydrogens is 435 g/mol. The molecule has 184 valence electrons. The molecule has 1 N–H and O–H groups in total. The van der Waals surface area contributed by atoms with Gasteiger partial charge in [-0.25, -0.2) is 0 Å². The first kappa shape index (κ1) is 24.3. The van der Waals surface area contributed by atoms with Crippen LogP contribution in [-0.2, 0) is 28.7 Å². The van der Waals surface area contributed by atoms with Gasteiger partial charge in [-0.15, -0.1) is 0 Å². The van der Waals surface area contributed by atoms with Crippen molar-refractivity contribution in [3.63, 3.8) is 0 Å². The number of alkyl halides is 3. The van der Waals surface area contributed by atoms with E-state index >= 15 is 0 Å². The van der Waals surface area contributed by atoms with Gasteiger partial charge in [-0.2, -0.15) is 13.2 Å². The van der Waals surface area contributed by atoms with E-state index in [1.54, 1.807) is 4.90 Å². The number of hydrogen-bond donors (Lipinski definition) is 1. The number of aromatic nitrogens is 1. The molecule has 4 rings (SSSR count). The van der Waals surface area contributed by atoms with Crippen molar-refractivity contribution < 1.29 is 32.3 Å². The van der Waals surface area contributed by atoms with E-state index in [2.05, 4.69) is 12.2 Å². The fourth-order valence-electron chi connectivity index (χ4n) is 5.58. The molecule has 3 aliphatic rings. The molecular formula is C24H35F3N3O3+. The Morgan fingerprint density at radius 1 is 1.27 bits per heavy atom. The minimum atomic E-state index is -4.46. The van der Waals surface area contributed by atoms with E-state index in [1.807, 2.05) is 0 Å². The van der Waals surface area contributed by atoms with Crippen LogP contribution >= 0.6 is 0 Å². The van der Waals surface area contributed by atoms with Gasteiger partial charge in [0.05, 0.1) is 19.6 Å². The Hall–Kier alpha value is -1.87. The largest absolute Gasteiger partial charge is 0.422 e. The number of carbonyl (C=O) groups is 1. The smallest absolute Gasteiger partial charge is 0.381 e. The molecule has 1 aromatic rings. The lowest BCUT2D eigenvalue weighted by atomic mass is 9.83. The lowest BCUT2D eigenvalue weighted by Gasteiger charge is -2.38. The van der Waals surface area contributed by atoms with Crippen LogP contribution < -0.4 is 14.9 Å². The zero-order chi connectivity index (χ0) is 23.6. The summed E-state index contributed by atoms with van der Waals surface area (Å²) in [5.41, 5.74) is 0.443. The van der Waals surface area contributed by atoms with Crippen LogP contribution in [-0.4, -0.2) is 49.8 Å². The van der Waals surface area contributed by atoms with Gasteiger partial charge < -0.3 is 15.0 Å². The van der Waals surface area contributed by atoms with Gasteiger partial charge >= 0.3 is 6.18 Å². The Bertz CT molecular complexity index is 840. The van der Waals surface area contributed by atoms with Gasteiger partial charge in [0.25, 0.3) is 0 Å². The average molecular weight is 471 g/mol. The Balaban J connectivity index is 1.36. The predicted octanol–water partition coefficient (Wildman–Crippen LogP) is 2.90. The number of carbonyl (C=O) groups excluding carboxylic acids is 1. The van der Waals surface area contributed by atoms with Crippen molar-refractivity contribution in [3.05, 3.63) is 29.1 Å². The number of halogens is 3. The number of pyridine rings is 1. The number of rotatable bonds is 5. The molecule has 1 aliphatic carbocycles. The minimum Gasteiger partial charge on any atom is -0.381 e. The maximum Gasteiger partial charge on any atom is 0.422 e. The number of nitrogens with one attached hydrogen (secondary N) is 1. The fraction of sp³-hybridized carbons (Fsp3) is 0.750. The van der Waals surface area contributed by atoms with Gasteiger partial charge in [0.1, 0.15) is 12.7 Å². The van der Waals surface area contributed by atoms with Gasteiger partial charge in [0.2, 0.25) is 17.8 Å². The highest BCUT2D eigenvalue weighted by molar-refractivity contribution is 5.79. The third kappa shape index (κ3) is 5.45. The number of amides is 1. The molecule has 6 nitrogen and oxygen atoms in total. The second-order valence-electron chi connectivity index (χ2n) is 9.57. The number of hydrogen-bond acceptors (Lipinski definition) is 4. The maximum atomic E-state index is 13.3. The second-order valence-corrected chi connectivity index (χ2v) is 9.57. The average Bonchev–Trinajstić information content (AvgIpc) is 2.82. The van der Waals surface area contributed by atoms with E-state index in [1.165, 1.54) is 11.8 Å². The van der Waals surface area contributed by atoms with Gasteiger partial charge in [-0.1, -0.05) is 6.92 Å². The SMILES string of the molecule is CC[C@@H]1COCC[C@@H]1NC1CCC(C(=O)N2CCc3c(cc(C(F)(F)F)c[n+]3OC)C2)CC1. The van der Waals surface area contributed by atoms with Crippen molar-refractivity contribution in [1.82, 2.24) is 10.2 Å². The van der Waals surface area contributed by atoms with Gasteiger partial charge in [0.15, 0.2) is 0 Å². The lowest BCUT2D eigenvalue weighted by Crippen LogP contribution is -2.51. The summed E-state index contributed by atoms with van der Waals surface area (Å²) in [6.07, 6.45) is 2.67. The van der Waals surface area contributed by atoms with Crippen LogP contribution in [0, 0.1) is 11.8 Å². The summed E-state index contributed by atoms with van der Waals surface area (Å²) < 4.78 is 46.7. The Morgan fingerprint density at radius 2 is 2.03 bits per heavy atom. The molecule has 0 bridgehead atoms. The summed E-state index contributed by atoms with van der Waals surface area (Å²) in [5.74, 6) is 0.558. The molecule has 1 saturated heterocycles. The molecule has 0 unspecified atom stereocenters. The Morgan fingerprint density at radius 3 is 2.70 bits per heavy atom. The third-order valence-corrected chi connectivity index (χ3v) is 7.56. The van der Waals surface area contributed by atoms with Crippen LogP contribution in [0.3, 0.4) is 0 Å². The number of fused-ring (bicyclic) bond motifs is 1. The molecule has 1 amide bonds. The molecule has 9 heteroatoms. The topological polar surface area (TPSA) is 54.7 Å². The van der Waals surface area contributed by atoms with Crippen molar-refractivity contribution in [2.24, 2.45) is 11.8 Å². The molecule has 1 aromatic heterocycles. The molecule has 2 fully saturated rings. The normalized spacial score (nSPS) is 28.3. The summed E-state index contributed by atoms with van der Waals surface area (Å²) in [7, 11) is 1.35. The molecule has 3 heterocycles. The Kier molecular flexibility index (Phi) is 7.48. The first-order valence-corrected chi connectivity index (χ1v) is 12.1. The molecule has 0 aromatic carbocycles. The fourth-order valence-corrected chi connectivity index (χ4v) is 5.58. The van der Waals surface area contributed by atoms with Crippen molar-refractivity contribution in [3.8, 4) is 0 Å². The van der Waals surface area contributed by atoms with E-state index < -0.39 is 11.7 Å². The summed E-state index contributed by atoms with van der Waals surface area (Å²) in [4.78, 5) is 20.1. The summed E-state index contributed by atoms with van der Waals surface area (Å²) in [6, 6.07) is 2.06. The summed E-state index contributed by atoms with van der Waals surface area (Å²) >= 11 is 0. The van der Waals surface area contributed by atoms with Crippen LogP contribution in [0.25, 0.3) is 0 Å². The van der Waals surface area contributed by atoms with E-state index in [9.17, 15) is 18.0 Å². The van der Waals surface area contributed by atoms with Crippen molar-refractivity contribution in [2.45, 2.75) is 76.7 Å². The van der Waals surface area contributed by atoms with Crippen LogP contribution in [0.15, 0.2) is 12.3 Å². The minimum absolute atomic E-state index is 0.0541. The molecule has 0 radical (unpaired) electrons. The second kappa shape index (κ2) is 10.2. The standard InChI is InChI=1S/C24H35F3N3O3/c1-3-16-15-33-11-9-21(16)28-20-6-4-17(5-7-20)23(31)29-10-8-22-18(13-29)12-19(24(25,26)27)14-30(22)32-2/h12,14,16-17,20-21,28H,3-11,13,15H2,1-2H3/q+1/t16-,17?,20?,21+/m1/s1. The maximum absolute atomic E-state index is 13.3. The van der Waals surface area contributed by atoms with Crippen molar-refractivity contribution in [2.75, 3.05) is 26.9 Å². The van der Waals surface area contributed by atoms with Gasteiger partial charge in [-0.3, -0.25) is 9.63 Å². The van der Waals surface area contributed by atoms with E-state index in [4.69, 9.17) is 9.57 Å². The van der Waals surface area contributed by atoms with Gasteiger partial charge in [-0.05, 0) is 50.5 Å². The quantitative estimate of drug-likeness (QED) is 0.673. The van der Waals surface area contributed by atoms with Crippen LogP contribution in [0.2, 0.25) is 0 Å². The first-order chi connectivity index (χ1) is 15.8. The van der Waals surface area contributed by atoms with E-state index in [0.29, 0.717) is 42.2 Å². The van der Waals surface area contributed by atoms with Crippen molar-refractivity contribution >= 4 is 5.91 Å². The number of nitrogens with zero attached hydrogens (tertiary/aromatic N) is 2. The molecule has 2 atom stereocenters. The zero-order valence-electron chi connectivity index (χ0n) is 19.5. The highest BCUT2D eigenvalue weighted by Crippen LogP contribution is 2.32. The summed E-state index contributed by atoms with van der Waals surface area (Å²) in [6.45, 7) is 4.51. The third-order valence-electron chi connectivity index (χ3n) is 7.56. The lowest BCUT2D eigenvalue weighted by molar-refractivity contribution is -0.891. The van der Waals surface area contributed by atoms with Crippen molar-refractivity contribution in [1.29, 1.82) is 0 Å². The van der Waals surface area contributed by atoms with E-state index in [-0.39, 0.29) is 18.4 Å². The van der Waals surface area contributed by atoms with Crippen LogP contribution in [0.4, 0.5) is 13.2 Å². The highest BCUT2D eigenvalue weighted by atomic mass is 19.4. The highest BCUT2D eigenvalue weighted by Gasteiger charge is 2.39. The van der Waals surface area contributed by atoms with Crippen LogP contribution in [0.5, 0.6) is 0 Å². The number of ether oxygens (including phenoxy) is 1. The summed E-state index contributed by atoms with van der Waals surface area (Å²) in [5, 5.41) is 3.82. The molecule has 1 saturated carbocycles. The first-order valence-electron chi connectivity index (χ1n) is 12.1. The zero-order valence-corrected chi connectivity index (χ0v) is 19.5. The molecule has 0 spiro atoms. The predicted molar refractivity (Wildman–Crippen MR) is 115 cm³/mol. The van der Waals surface area contributed by atoms with Gasteiger partial charge in [0, 0.05) is 41.4 Å². The monoisotopic (exact) mass is 470 g/mol. The molecule has 2 aliphatic heterocycles. The Labute approximate surface area is 193 Å².